The number of β-amino-alcohol motifs (C(OH)–C–C–N with tert-alkyl or cyclic N) is 1. The number of anilines is 1. The first kappa shape index (κ1) is 30.1. The number of rotatable bonds is 8. The standard InChI is InChI=1S/C29H34FIN6O5/c1-28(2,3)42-21(38)8-7-20(24(32)39)36-14-17-11-16(5-6-18(17)27(36)40)13-37-25-19(12-33-37)23(31)22(30)26(34-25)35-10-9-29(4,41)15-35/h5-6,11-12,20,41H,7-10,13-15H2,1-4H3,(H2,32,39)/t20-,29-/m0/s1. The Kier molecular flexibility index (Phi) is 7.94. The molecule has 1 saturated heterocycles. The molecule has 0 aliphatic carbocycles. The number of aliphatic hydroxyl groups is 1. The molecule has 0 bridgehead atoms. The van der Waals surface area contributed by atoms with Gasteiger partial charge in [-0.1, -0.05) is 12.1 Å². The van der Waals surface area contributed by atoms with Gasteiger partial charge in [-0.2, -0.15) is 5.10 Å². The van der Waals surface area contributed by atoms with Crippen LogP contribution in [-0.2, 0) is 27.4 Å². The van der Waals surface area contributed by atoms with Crippen molar-refractivity contribution in [1.29, 1.82) is 0 Å². The van der Waals surface area contributed by atoms with E-state index in [1.54, 1.807) is 55.6 Å². The maximum atomic E-state index is 15.3. The second kappa shape index (κ2) is 11.1. The number of fused-ring (bicyclic) bond motifs is 2. The van der Waals surface area contributed by atoms with Crippen LogP contribution in [0.25, 0.3) is 11.0 Å². The van der Waals surface area contributed by atoms with Crippen molar-refractivity contribution in [3.63, 3.8) is 0 Å². The molecule has 2 aliphatic heterocycles. The number of primary amides is 1. The Bertz CT molecular complexity index is 1580. The number of esters is 1. The minimum atomic E-state index is -0.957. The summed E-state index contributed by atoms with van der Waals surface area (Å²) in [4.78, 5) is 45.5. The van der Waals surface area contributed by atoms with Gasteiger partial charge in [-0.25, -0.2) is 14.1 Å². The van der Waals surface area contributed by atoms with Crippen LogP contribution in [0.4, 0.5) is 10.2 Å². The number of nitrogens with zero attached hydrogens (tertiary/aromatic N) is 5. The largest absolute Gasteiger partial charge is 0.460 e. The summed E-state index contributed by atoms with van der Waals surface area (Å²) < 4.78 is 22.7. The zero-order chi connectivity index (χ0) is 30.6. The van der Waals surface area contributed by atoms with E-state index < -0.39 is 34.9 Å². The van der Waals surface area contributed by atoms with Crippen molar-refractivity contribution >= 4 is 57.2 Å². The number of amides is 2. The zero-order valence-corrected chi connectivity index (χ0v) is 26.1. The Morgan fingerprint density at radius 2 is 2.05 bits per heavy atom. The molecule has 4 heterocycles. The van der Waals surface area contributed by atoms with Crippen LogP contribution in [0.3, 0.4) is 0 Å². The fourth-order valence-corrected chi connectivity index (χ4v) is 6.11. The number of hydrogen-bond donors (Lipinski definition) is 2. The SMILES string of the molecule is CC(C)(C)OC(=O)CC[C@@H](C(N)=O)N1Cc2cc(Cn3ncc4c(I)c(F)c(N5CC[C@](C)(O)C5)nc43)ccc2C1=O. The fourth-order valence-electron chi connectivity index (χ4n) is 5.49. The van der Waals surface area contributed by atoms with Crippen LogP contribution in [0.15, 0.2) is 24.4 Å². The van der Waals surface area contributed by atoms with Gasteiger partial charge in [0, 0.05) is 31.6 Å². The number of nitrogens with two attached hydrogens (primary N) is 1. The molecule has 11 nitrogen and oxygen atoms in total. The lowest BCUT2D eigenvalue weighted by Crippen LogP contribution is -2.45. The monoisotopic (exact) mass is 692 g/mol. The van der Waals surface area contributed by atoms with Crippen LogP contribution in [0.5, 0.6) is 0 Å². The minimum Gasteiger partial charge on any atom is -0.460 e. The van der Waals surface area contributed by atoms with Gasteiger partial charge in [-0.05, 0) is 80.3 Å². The molecule has 3 N–H and O–H groups in total. The summed E-state index contributed by atoms with van der Waals surface area (Å²) in [7, 11) is 0. The van der Waals surface area contributed by atoms with Crippen molar-refractivity contribution < 1.29 is 28.6 Å². The lowest BCUT2D eigenvalue weighted by Gasteiger charge is -2.25. The number of ether oxygens (including phenoxy) is 1. The fraction of sp³-hybridized carbons (Fsp3) is 0.483. The smallest absolute Gasteiger partial charge is 0.306 e. The van der Waals surface area contributed by atoms with Crippen molar-refractivity contribution in [3.8, 4) is 0 Å². The number of benzene rings is 1. The third-order valence-electron chi connectivity index (χ3n) is 7.48. The van der Waals surface area contributed by atoms with Crippen LogP contribution >= 0.6 is 22.6 Å². The summed E-state index contributed by atoms with van der Waals surface area (Å²) in [6, 6.07) is 4.43. The van der Waals surface area contributed by atoms with Gasteiger partial charge in [0.25, 0.3) is 5.91 Å². The van der Waals surface area contributed by atoms with E-state index in [0.29, 0.717) is 39.7 Å². The molecule has 0 unspecified atom stereocenters. The Morgan fingerprint density at radius 3 is 2.69 bits per heavy atom. The summed E-state index contributed by atoms with van der Waals surface area (Å²) in [5, 5.41) is 15.4. The van der Waals surface area contributed by atoms with Crippen molar-refractivity contribution in [3.05, 3.63) is 50.5 Å². The topological polar surface area (TPSA) is 144 Å². The van der Waals surface area contributed by atoms with Gasteiger partial charge in [-0.3, -0.25) is 14.4 Å². The summed E-state index contributed by atoms with van der Waals surface area (Å²) >= 11 is 1.96. The molecule has 0 saturated carbocycles. The second-order valence-corrected chi connectivity index (χ2v) is 13.3. The first-order chi connectivity index (χ1) is 19.6. The average molecular weight is 693 g/mol. The highest BCUT2D eigenvalue weighted by Crippen LogP contribution is 2.33. The first-order valence-corrected chi connectivity index (χ1v) is 14.8. The van der Waals surface area contributed by atoms with Gasteiger partial charge in [-0.15, -0.1) is 0 Å². The van der Waals surface area contributed by atoms with Crippen LogP contribution in [-0.4, -0.2) is 72.9 Å². The van der Waals surface area contributed by atoms with E-state index in [1.807, 2.05) is 28.7 Å². The molecule has 0 spiro atoms. The van der Waals surface area contributed by atoms with Crippen molar-refractivity contribution in [2.24, 2.45) is 5.73 Å². The third kappa shape index (κ3) is 6.07. The third-order valence-corrected chi connectivity index (χ3v) is 8.54. The van der Waals surface area contributed by atoms with Gasteiger partial charge < -0.3 is 25.4 Å². The molecule has 13 heteroatoms. The second-order valence-electron chi connectivity index (χ2n) is 12.2. The lowest BCUT2D eigenvalue weighted by molar-refractivity contribution is -0.155. The van der Waals surface area contributed by atoms with E-state index >= 15 is 4.39 Å². The molecule has 2 amide bonds. The highest BCUT2D eigenvalue weighted by Gasteiger charge is 2.37. The van der Waals surface area contributed by atoms with Crippen LogP contribution < -0.4 is 10.6 Å². The lowest BCUT2D eigenvalue weighted by atomic mass is 10.1. The molecule has 0 radical (unpaired) electrons. The number of carbonyl (C=O) groups excluding carboxylic acids is 3. The molecule has 2 aliphatic rings. The van der Waals surface area contributed by atoms with E-state index in [4.69, 9.17) is 10.5 Å². The van der Waals surface area contributed by atoms with E-state index in [2.05, 4.69) is 10.1 Å². The molecule has 42 heavy (non-hydrogen) atoms. The summed E-state index contributed by atoms with van der Waals surface area (Å²) in [6.45, 7) is 8.26. The Morgan fingerprint density at radius 1 is 1.31 bits per heavy atom. The van der Waals surface area contributed by atoms with E-state index in [-0.39, 0.29) is 37.7 Å². The molecule has 2 atom stereocenters. The predicted molar refractivity (Wildman–Crippen MR) is 161 cm³/mol. The van der Waals surface area contributed by atoms with Gasteiger partial charge in [0.05, 0.1) is 27.3 Å². The first-order valence-electron chi connectivity index (χ1n) is 13.8. The Labute approximate surface area is 256 Å². The molecule has 2 aromatic heterocycles. The number of pyridine rings is 1. The summed E-state index contributed by atoms with van der Waals surface area (Å²) in [6.07, 6.45) is 2.11. The molecular weight excluding hydrogens is 658 g/mol. The average Bonchev–Trinajstić information content (AvgIpc) is 3.55. The van der Waals surface area contributed by atoms with Gasteiger partial charge in [0.2, 0.25) is 5.91 Å². The summed E-state index contributed by atoms with van der Waals surface area (Å²) in [5.74, 6) is -1.73. The quantitative estimate of drug-likeness (QED) is 0.271. The van der Waals surface area contributed by atoms with Crippen molar-refractivity contribution in [1.82, 2.24) is 19.7 Å². The van der Waals surface area contributed by atoms with Crippen molar-refractivity contribution in [2.45, 2.75) is 77.3 Å². The maximum Gasteiger partial charge on any atom is 0.306 e. The molecular formula is C29H34FIN6O5. The number of halogens is 2. The van der Waals surface area contributed by atoms with Crippen LogP contribution in [0, 0.1) is 9.39 Å². The Balaban J connectivity index is 1.35. The number of aromatic nitrogens is 3. The maximum absolute atomic E-state index is 15.3. The highest BCUT2D eigenvalue weighted by molar-refractivity contribution is 14.1. The van der Waals surface area contributed by atoms with Gasteiger partial charge >= 0.3 is 5.97 Å². The molecule has 1 aromatic carbocycles. The molecule has 224 valence electrons. The van der Waals surface area contributed by atoms with Crippen molar-refractivity contribution in [2.75, 3.05) is 18.0 Å². The van der Waals surface area contributed by atoms with Crippen LogP contribution in [0.1, 0.15) is 68.4 Å². The predicted octanol–water partition coefficient (Wildman–Crippen LogP) is 3.12. The van der Waals surface area contributed by atoms with E-state index in [0.717, 1.165) is 11.1 Å². The number of carbonyl (C=O) groups is 3. The molecule has 5 rings (SSSR count). The normalized spacial score (nSPS) is 19.5. The summed E-state index contributed by atoms with van der Waals surface area (Å²) in [5.41, 5.74) is 6.62. The zero-order valence-electron chi connectivity index (χ0n) is 24.0. The van der Waals surface area contributed by atoms with Crippen LogP contribution in [0.2, 0.25) is 0 Å². The highest BCUT2D eigenvalue weighted by atomic mass is 127. The number of hydrogen-bond acceptors (Lipinski definition) is 8. The minimum absolute atomic E-state index is 0.0496. The van der Waals surface area contributed by atoms with Gasteiger partial charge in [0.1, 0.15) is 11.6 Å². The molecule has 3 aromatic rings. The molecule has 1 fully saturated rings. The van der Waals surface area contributed by atoms with Gasteiger partial charge in [0.15, 0.2) is 17.3 Å². The Hall–Kier alpha value is -3.33. The van der Waals surface area contributed by atoms with E-state index in [1.165, 1.54) is 4.90 Å². The van der Waals surface area contributed by atoms with E-state index in [9.17, 15) is 19.5 Å².